The normalized spacial score (nSPS) is 12.8. The van der Waals surface area contributed by atoms with Gasteiger partial charge in [-0.05, 0) is 59.4 Å². The van der Waals surface area contributed by atoms with Crippen LogP contribution in [0, 0.1) is 11.7 Å². The number of carbonyl (C=O) groups excluding carboxylic acids is 5. The molecule has 12 nitrogen and oxygen atoms in total. The largest absolute Gasteiger partial charge is 0.370 e. The molecular weight excluding hydrogens is 629 g/mol. The molecule has 0 spiro atoms. The lowest BCUT2D eigenvalue weighted by molar-refractivity contribution is -0.148. The van der Waals surface area contributed by atoms with Crippen LogP contribution in [0.3, 0.4) is 0 Å². The first kappa shape index (κ1) is 37.6. The highest BCUT2D eigenvalue weighted by molar-refractivity contribution is 6.06. The summed E-state index contributed by atoms with van der Waals surface area (Å²) in [6.45, 7) is 4.86. The van der Waals surface area contributed by atoms with E-state index in [1.54, 1.807) is 48.5 Å². The zero-order chi connectivity index (χ0) is 36.1. The monoisotopic (exact) mass is 671 g/mol. The Labute approximate surface area is 284 Å². The first-order valence-corrected chi connectivity index (χ1v) is 15.6. The Kier molecular flexibility index (Phi) is 13.7. The minimum absolute atomic E-state index is 0.00749. The summed E-state index contributed by atoms with van der Waals surface area (Å²) >= 11 is 0. The number of rotatable bonds is 15. The van der Waals surface area contributed by atoms with Gasteiger partial charge in [-0.25, -0.2) is 9.38 Å². The van der Waals surface area contributed by atoms with E-state index in [0.29, 0.717) is 22.4 Å². The number of benzene rings is 3. The lowest BCUT2D eigenvalue weighted by atomic mass is 9.99. The second-order valence-electron chi connectivity index (χ2n) is 11.9. The highest BCUT2D eigenvalue weighted by atomic mass is 19.1. The van der Waals surface area contributed by atoms with Gasteiger partial charge < -0.3 is 27.8 Å². The molecule has 3 aromatic rings. The molecule has 0 aliphatic heterocycles. The number of nitrogens with one attached hydrogen (secondary N) is 2. The van der Waals surface area contributed by atoms with E-state index < -0.39 is 53.5 Å². The highest BCUT2D eigenvalue weighted by Crippen LogP contribution is 2.17. The van der Waals surface area contributed by atoms with Gasteiger partial charge in [-0.15, -0.1) is 0 Å². The fourth-order valence-corrected chi connectivity index (χ4v) is 5.04. The maximum atomic E-state index is 14.1. The van der Waals surface area contributed by atoms with Crippen molar-refractivity contribution < 1.29 is 28.4 Å². The van der Waals surface area contributed by atoms with E-state index in [0.717, 1.165) is 11.8 Å². The van der Waals surface area contributed by atoms with E-state index in [-0.39, 0.29) is 31.1 Å². The average Bonchev–Trinajstić information content (AvgIpc) is 3.04. The molecule has 0 aromatic heterocycles. The fourth-order valence-electron chi connectivity index (χ4n) is 5.04. The molecule has 3 rings (SSSR count). The van der Waals surface area contributed by atoms with Gasteiger partial charge in [0.05, 0.1) is 5.69 Å². The second kappa shape index (κ2) is 17.9. The van der Waals surface area contributed by atoms with Crippen LogP contribution in [0.15, 0.2) is 89.9 Å². The van der Waals surface area contributed by atoms with Gasteiger partial charge in [0.2, 0.25) is 23.6 Å². The van der Waals surface area contributed by atoms with E-state index in [2.05, 4.69) is 15.6 Å². The molecule has 0 heterocycles. The standard InChI is InChI=1S/C36H42FN7O5/c1-22(2)19-29(33(38)47)42-34(48)30(20-25-11-16-28(17-12-25)41-36(39)40)43-35(49)31(21-26-9-14-27(37)15-10-26)44(23(3)45)32(46)18-13-24-7-5-4-6-8-24/h4-18,22,29-31H,19-21H2,1-3H3,(H2,38,47)(H,42,48)(H,43,49)(H4,39,40,41)/b18-13+/t29-,30-,31-/m0/s1. The number of hydrogen-bond acceptors (Lipinski definition) is 6. The maximum Gasteiger partial charge on any atom is 0.253 e. The maximum absolute atomic E-state index is 14.1. The van der Waals surface area contributed by atoms with Crippen LogP contribution < -0.4 is 27.8 Å². The quantitative estimate of drug-likeness (QED) is 0.0927. The van der Waals surface area contributed by atoms with Crippen LogP contribution in [-0.4, -0.2) is 58.5 Å². The van der Waals surface area contributed by atoms with Gasteiger partial charge in [0.15, 0.2) is 5.96 Å². The molecule has 8 N–H and O–H groups in total. The predicted molar refractivity (Wildman–Crippen MR) is 185 cm³/mol. The average molecular weight is 672 g/mol. The van der Waals surface area contributed by atoms with Crippen LogP contribution in [0.4, 0.5) is 10.1 Å². The lowest BCUT2D eigenvalue weighted by Gasteiger charge is -2.30. The van der Waals surface area contributed by atoms with Crippen LogP contribution in [0.2, 0.25) is 0 Å². The smallest absolute Gasteiger partial charge is 0.253 e. The molecule has 0 unspecified atom stereocenters. The molecule has 49 heavy (non-hydrogen) atoms. The lowest BCUT2D eigenvalue weighted by Crippen LogP contribution is -2.58. The molecule has 0 aliphatic rings. The number of aliphatic imine (C=N–C) groups is 1. The Morgan fingerprint density at radius 2 is 1.37 bits per heavy atom. The zero-order valence-corrected chi connectivity index (χ0v) is 27.6. The van der Waals surface area contributed by atoms with Crippen molar-refractivity contribution in [2.45, 2.75) is 58.2 Å². The van der Waals surface area contributed by atoms with Crippen molar-refractivity contribution in [2.75, 3.05) is 0 Å². The van der Waals surface area contributed by atoms with Crippen LogP contribution >= 0.6 is 0 Å². The third kappa shape index (κ3) is 12.0. The number of guanidine groups is 1. The SMILES string of the molecule is CC(=O)N(C(=O)/C=C/c1ccccc1)[C@@H](Cc1ccc(F)cc1)C(=O)N[C@@H](Cc1ccc(N=C(N)N)cc1)C(=O)N[C@@H](CC(C)C)C(N)=O. The van der Waals surface area contributed by atoms with Crippen molar-refractivity contribution in [1.29, 1.82) is 0 Å². The molecule has 3 aromatic carbocycles. The molecule has 5 amide bonds. The van der Waals surface area contributed by atoms with Gasteiger partial charge in [-0.3, -0.25) is 28.9 Å². The molecular formula is C36H42FN7O5. The summed E-state index contributed by atoms with van der Waals surface area (Å²) in [5, 5.41) is 5.33. The number of carbonyl (C=O) groups is 5. The molecule has 0 radical (unpaired) electrons. The van der Waals surface area contributed by atoms with Crippen LogP contribution in [0.5, 0.6) is 0 Å². The van der Waals surface area contributed by atoms with Crippen molar-refractivity contribution in [3.63, 3.8) is 0 Å². The molecule has 3 atom stereocenters. The Bertz CT molecular complexity index is 1670. The molecule has 258 valence electrons. The highest BCUT2D eigenvalue weighted by Gasteiger charge is 2.35. The van der Waals surface area contributed by atoms with Crippen molar-refractivity contribution in [2.24, 2.45) is 28.1 Å². The Balaban J connectivity index is 2.01. The molecule has 0 bridgehead atoms. The summed E-state index contributed by atoms with van der Waals surface area (Å²) in [7, 11) is 0. The van der Waals surface area contributed by atoms with Crippen molar-refractivity contribution in [3.05, 3.63) is 107 Å². The molecule has 0 saturated carbocycles. The topological polar surface area (TPSA) is 203 Å². The van der Waals surface area contributed by atoms with Gasteiger partial charge in [-0.2, -0.15) is 0 Å². The Hall–Kier alpha value is -5.85. The molecule has 0 saturated heterocycles. The second-order valence-corrected chi connectivity index (χ2v) is 11.9. The summed E-state index contributed by atoms with van der Waals surface area (Å²) in [5.74, 6) is -4.45. The van der Waals surface area contributed by atoms with Crippen LogP contribution in [0.25, 0.3) is 6.08 Å². The number of imide groups is 1. The van der Waals surface area contributed by atoms with E-state index in [4.69, 9.17) is 17.2 Å². The number of hydrogen-bond donors (Lipinski definition) is 5. The first-order valence-electron chi connectivity index (χ1n) is 15.6. The van der Waals surface area contributed by atoms with E-state index in [1.165, 1.54) is 36.4 Å². The molecule has 0 fully saturated rings. The molecule has 0 aliphatic carbocycles. The minimum atomic E-state index is -1.45. The number of primary amides is 1. The van der Waals surface area contributed by atoms with Gasteiger partial charge in [0, 0.05) is 25.8 Å². The Morgan fingerprint density at radius 1 is 0.796 bits per heavy atom. The van der Waals surface area contributed by atoms with Crippen LogP contribution in [-0.2, 0) is 36.8 Å². The van der Waals surface area contributed by atoms with Crippen molar-refractivity contribution in [3.8, 4) is 0 Å². The van der Waals surface area contributed by atoms with Crippen LogP contribution in [0.1, 0.15) is 43.9 Å². The van der Waals surface area contributed by atoms with Crippen molar-refractivity contribution in [1.82, 2.24) is 15.5 Å². The van der Waals surface area contributed by atoms with Crippen molar-refractivity contribution >= 4 is 47.3 Å². The van der Waals surface area contributed by atoms with E-state index in [9.17, 15) is 28.4 Å². The zero-order valence-electron chi connectivity index (χ0n) is 27.6. The summed E-state index contributed by atoms with van der Waals surface area (Å²) in [6.07, 6.45) is 2.69. The van der Waals surface area contributed by atoms with Gasteiger partial charge >= 0.3 is 0 Å². The minimum Gasteiger partial charge on any atom is -0.370 e. The number of nitrogens with zero attached hydrogens (tertiary/aromatic N) is 2. The third-order valence-electron chi connectivity index (χ3n) is 7.39. The van der Waals surface area contributed by atoms with Gasteiger partial charge in [0.25, 0.3) is 5.91 Å². The van der Waals surface area contributed by atoms with E-state index in [1.807, 2.05) is 19.9 Å². The van der Waals surface area contributed by atoms with E-state index >= 15 is 0 Å². The summed E-state index contributed by atoms with van der Waals surface area (Å²) < 4.78 is 13.8. The first-order chi connectivity index (χ1) is 23.2. The summed E-state index contributed by atoms with van der Waals surface area (Å²) in [6, 6.07) is 16.9. The summed E-state index contributed by atoms with van der Waals surface area (Å²) in [5.41, 5.74) is 18.7. The predicted octanol–water partition coefficient (Wildman–Crippen LogP) is 2.47. The number of nitrogens with two attached hydrogens (primary N) is 3. The molecule has 13 heteroatoms. The van der Waals surface area contributed by atoms with Gasteiger partial charge in [0.1, 0.15) is 23.9 Å². The number of amides is 5. The third-order valence-corrected chi connectivity index (χ3v) is 7.39. The summed E-state index contributed by atoms with van der Waals surface area (Å²) in [4.78, 5) is 71.4. The number of halogens is 1. The Morgan fingerprint density at radius 3 is 1.92 bits per heavy atom. The fraction of sp³-hybridized carbons (Fsp3) is 0.278. The van der Waals surface area contributed by atoms with Gasteiger partial charge in [-0.1, -0.05) is 68.4 Å².